The lowest BCUT2D eigenvalue weighted by molar-refractivity contribution is -0.140. The van der Waals surface area contributed by atoms with Gasteiger partial charge in [0.1, 0.15) is 0 Å². The van der Waals surface area contributed by atoms with Crippen LogP contribution in [0.2, 0.25) is 0 Å². The normalized spacial score (nSPS) is 41.6. The fraction of sp³-hybridized carbons (Fsp3) is 0.923. The van der Waals surface area contributed by atoms with Gasteiger partial charge < -0.3 is 10.2 Å². The number of hydrogen-bond donors (Lipinski definition) is 2. The first-order chi connectivity index (χ1) is 8.25. The second-order valence-corrected chi connectivity index (χ2v) is 6.52. The molecule has 0 aromatic heterocycles. The Bertz CT molecular complexity index is 286. The van der Waals surface area contributed by atoms with Gasteiger partial charge in [0.2, 0.25) is 5.91 Å². The fourth-order valence-corrected chi connectivity index (χ4v) is 3.97. The molecule has 0 aromatic carbocycles. The van der Waals surface area contributed by atoms with Crippen LogP contribution in [0, 0.1) is 5.92 Å². The number of amides is 1. The van der Waals surface area contributed by atoms with Crippen LogP contribution >= 0.6 is 12.6 Å². The van der Waals surface area contributed by atoms with Gasteiger partial charge in [-0.05, 0) is 38.5 Å². The minimum atomic E-state index is 0.291. The molecular formula is C13H22N2OS. The summed E-state index contributed by atoms with van der Waals surface area (Å²) in [5, 5.41) is 3.96. The Morgan fingerprint density at radius 2 is 1.59 bits per heavy atom. The molecule has 2 unspecified atom stereocenters. The molecule has 3 rings (SSSR count). The Labute approximate surface area is 109 Å². The fourth-order valence-electron chi connectivity index (χ4n) is 3.67. The molecule has 2 heterocycles. The highest BCUT2D eigenvalue weighted by Crippen LogP contribution is 2.33. The summed E-state index contributed by atoms with van der Waals surface area (Å²) in [7, 11) is 0. The van der Waals surface area contributed by atoms with E-state index in [1.807, 2.05) is 0 Å². The van der Waals surface area contributed by atoms with Gasteiger partial charge in [0.05, 0.1) is 0 Å². The number of rotatable bonds is 1. The molecule has 1 saturated carbocycles. The van der Waals surface area contributed by atoms with Crippen molar-refractivity contribution in [3.05, 3.63) is 0 Å². The maximum Gasteiger partial charge on any atom is 0.226 e. The standard InChI is InChI=1S/C13H22N2OS/c16-13(9-1-5-12(17)6-2-9)15-10-3-4-11(15)8-14-7-10/h9-12,14,17H,1-8H2. The van der Waals surface area contributed by atoms with Gasteiger partial charge in [-0.3, -0.25) is 4.79 Å². The Hall–Kier alpha value is -0.220. The number of piperazine rings is 1. The van der Waals surface area contributed by atoms with E-state index in [1.165, 1.54) is 12.8 Å². The van der Waals surface area contributed by atoms with Crippen LogP contribution in [0.25, 0.3) is 0 Å². The van der Waals surface area contributed by atoms with Crippen LogP contribution in [0.15, 0.2) is 0 Å². The lowest BCUT2D eigenvalue weighted by Crippen LogP contribution is -2.55. The predicted octanol–water partition coefficient (Wildman–Crippen LogP) is 1.44. The summed E-state index contributed by atoms with van der Waals surface area (Å²) in [6, 6.07) is 0.963. The van der Waals surface area contributed by atoms with Gasteiger partial charge in [0.25, 0.3) is 0 Å². The summed E-state index contributed by atoms with van der Waals surface area (Å²) >= 11 is 4.51. The summed E-state index contributed by atoms with van der Waals surface area (Å²) in [5.74, 6) is 0.735. The average molecular weight is 254 g/mol. The first-order valence-corrected chi connectivity index (χ1v) is 7.48. The number of carbonyl (C=O) groups excluding carboxylic acids is 1. The Morgan fingerprint density at radius 1 is 1.00 bits per heavy atom. The SMILES string of the molecule is O=C(C1CCC(S)CC1)N1C2CCC1CNC2. The molecule has 3 aliphatic rings. The third kappa shape index (κ3) is 2.22. The van der Waals surface area contributed by atoms with Crippen molar-refractivity contribution in [2.24, 2.45) is 5.92 Å². The zero-order chi connectivity index (χ0) is 11.8. The number of nitrogens with zero attached hydrogens (tertiary/aromatic N) is 1. The summed E-state index contributed by atoms with van der Waals surface area (Å²) in [5.41, 5.74) is 0. The van der Waals surface area contributed by atoms with E-state index < -0.39 is 0 Å². The highest BCUT2D eigenvalue weighted by Gasteiger charge is 2.42. The highest BCUT2D eigenvalue weighted by atomic mass is 32.1. The predicted molar refractivity (Wildman–Crippen MR) is 71.3 cm³/mol. The molecule has 1 amide bonds. The van der Waals surface area contributed by atoms with Gasteiger partial charge in [-0.15, -0.1) is 0 Å². The van der Waals surface area contributed by atoms with Gasteiger partial charge in [-0.25, -0.2) is 0 Å². The van der Waals surface area contributed by atoms with Crippen molar-refractivity contribution in [1.29, 1.82) is 0 Å². The van der Waals surface area contributed by atoms with Crippen LogP contribution in [0.3, 0.4) is 0 Å². The third-order valence-electron chi connectivity index (χ3n) is 4.68. The first kappa shape index (κ1) is 11.8. The number of carbonyl (C=O) groups is 1. The maximum atomic E-state index is 12.6. The van der Waals surface area contributed by atoms with E-state index in [4.69, 9.17) is 0 Å². The van der Waals surface area contributed by atoms with Crippen molar-refractivity contribution in [1.82, 2.24) is 10.2 Å². The molecule has 2 bridgehead atoms. The van der Waals surface area contributed by atoms with Crippen LogP contribution in [0.5, 0.6) is 0 Å². The molecule has 2 aliphatic heterocycles. The van der Waals surface area contributed by atoms with Crippen molar-refractivity contribution < 1.29 is 4.79 Å². The van der Waals surface area contributed by atoms with Crippen molar-refractivity contribution in [2.45, 2.75) is 55.9 Å². The number of fused-ring (bicyclic) bond motifs is 2. The monoisotopic (exact) mass is 254 g/mol. The molecule has 1 N–H and O–H groups in total. The summed E-state index contributed by atoms with van der Waals surface area (Å²) < 4.78 is 0. The minimum absolute atomic E-state index is 0.291. The molecule has 3 nitrogen and oxygen atoms in total. The third-order valence-corrected chi connectivity index (χ3v) is 5.20. The van der Waals surface area contributed by atoms with Crippen LogP contribution in [-0.4, -0.2) is 41.2 Å². The van der Waals surface area contributed by atoms with Gasteiger partial charge >= 0.3 is 0 Å². The van der Waals surface area contributed by atoms with Gasteiger partial charge in [0, 0.05) is 36.3 Å². The molecule has 4 heteroatoms. The Morgan fingerprint density at radius 3 is 2.18 bits per heavy atom. The lowest BCUT2D eigenvalue weighted by Gasteiger charge is -2.38. The van der Waals surface area contributed by atoms with Crippen LogP contribution in [-0.2, 0) is 4.79 Å². The number of nitrogens with one attached hydrogen (secondary N) is 1. The molecule has 2 saturated heterocycles. The molecule has 1 aliphatic carbocycles. The van der Waals surface area contributed by atoms with Crippen molar-refractivity contribution >= 4 is 18.5 Å². The molecule has 0 spiro atoms. The van der Waals surface area contributed by atoms with E-state index in [2.05, 4.69) is 22.8 Å². The van der Waals surface area contributed by atoms with Gasteiger partial charge in [-0.2, -0.15) is 12.6 Å². The van der Waals surface area contributed by atoms with E-state index in [0.717, 1.165) is 38.8 Å². The average Bonchev–Trinajstić information content (AvgIpc) is 2.59. The van der Waals surface area contributed by atoms with Crippen molar-refractivity contribution in [3.63, 3.8) is 0 Å². The molecule has 0 aromatic rings. The van der Waals surface area contributed by atoms with E-state index in [9.17, 15) is 4.79 Å². The second-order valence-electron chi connectivity index (χ2n) is 5.79. The van der Waals surface area contributed by atoms with Gasteiger partial charge in [0.15, 0.2) is 0 Å². The minimum Gasteiger partial charge on any atom is -0.334 e. The van der Waals surface area contributed by atoms with E-state index in [0.29, 0.717) is 29.2 Å². The van der Waals surface area contributed by atoms with E-state index >= 15 is 0 Å². The molecule has 0 radical (unpaired) electrons. The molecule has 3 fully saturated rings. The van der Waals surface area contributed by atoms with Gasteiger partial charge in [-0.1, -0.05) is 0 Å². The smallest absolute Gasteiger partial charge is 0.226 e. The van der Waals surface area contributed by atoms with Crippen LogP contribution < -0.4 is 5.32 Å². The Balaban J connectivity index is 1.66. The topological polar surface area (TPSA) is 32.3 Å². The summed E-state index contributed by atoms with van der Waals surface area (Å²) in [6.07, 6.45) is 6.73. The molecular weight excluding hydrogens is 232 g/mol. The summed E-state index contributed by atoms with van der Waals surface area (Å²) in [6.45, 7) is 2.01. The van der Waals surface area contributed by atoms with Crippen molar-refractivity contribution in [3.8, 4) is 0 Å². The van der Waals surface area contributed by atoms with Crippen molar-refractivity contribution in [2.75, 3.05) is 13.1 Å². The zero-order valence-corrected chi connectivity index (χ0v) is 11.2. The van der Waals surface area contributed by atoms with E-state index in [-0.39, 0.29) is 0 Å². The molecule has 2 atom stereocenters. The number of hydrogen-bond acceptors (Lipinski definition) is 3. The van der Waals surface area contributed by atoms with E-state index in [1.54, 1.807) is 0 Å². The largest absolute Gasteiger partial charge is 0.334 e. The number of thiol groups is 1. The highest BCUT2D eigenvalue weighted by molar-refractivity contribution is 7.80. The lowest BCUT2D eigenvalue weighted by atomic mass is 9.87. The molecule has 17 heavy (non-hydrogen) atoms. The first-order valence-electron chi connectivity index (χ1n) is 6.96. The zero-order valence-electron chi connectivity index (χ0n) is 10.3. The van der Waals surface area contributed by atoms with Crippen LogP contribution in [0.4, 0.5) is 0 Å². The van der Waals surface area contributed by atoms with Crippen LogP contribution in [0.1, 0.15) is 38.5 Å². The Kier molecular flexibility index (Phi) is 3.35. The quantitative estimate of drug-likeness (QED) is 0.694. The second kappa shape index (κ2) is 4.81. The molecule has 96 valence electrons. The summed E-state index contributed by atoms with van der Waals surface area (Å²) in [4.78, 5) is 14.8. The maximum absolute atomic E-state index is 12.6.